The molecule has 0 fully saturated rings. The van der Waals surface area contributed by atoms with Crippen LogP contribution in [0.25, 0.3) is 0 Å². The van der Waals surface area contributed by atoms with Gasteiger partial charge in [-0.1, -0.05) is 29.8 Å². The van der Waals surface area contributed by atoms with E-state index in [1.54, 1.807) is 36.4 Å². The van der Waals surface area contributed by atoms with Crippen LogP contribution in [0.5, 0.6) is 5.75 Å². The highest BCUT2D eigenvalue weighted by molar-refractivity contribution is 6.33. The zero-order chi connectivity index (χ0) is 16.1. The summed E-state index contributed by atoms with van der Waals surface area (Å²) in [4.78, 5) is 23.2. The third-order valence-electron chi connectivity index (χ3n) is 3.01. The number of nitrogens with one attached hydrogen (secondary N) is 1. The number of anilines is 1. The predicted octanol–water partition coefficient (Wildman–Crippen LogP) is 3.87. The number of amides is 1. The third kappa shape index (κ3) is 4.33. The number of hydrogen-bond donors (Lipinski definition) is 1. The highest BCUT2D eigenvalue weighted by atomic mass is 35.5. The van der Waals surface area contributed by atoms with Crippen molar-refractivity contribution in [3.8, 4) is 5.75 Å². The van der Waals surface area contributed by atoms with Gasteiger partial charge in [-0.25, -0.2) is 0 Å². The van der Waals surface area contributed by atoms with Crippen LogP contribution in [0.4, 0.5) is 5.69 Å². The molecule has 22 heavy (non-hydrogen) atoms. The zero-order valence-corrected chi connectivity index (χ0v) is 13.1. The average molecular weight is 318 g/mol. The lowest BCUT2D eigenvalue weighted by molar-refractivity contribution is -0.118. The molecule has 5 heteroatoms. The number of halogens is 1. The monoisotopic (exact) mass is 317 g/mol. The number of rotatable bonds is 5. The van der Waals surface area contributed by atoms with Gasteiger partial charge >= 0.3 is 0 Å². The van der Waals surface area contributed by atoms with Crippen LogP contribution < -0.4 is 10.1 Å². The van der Waals surface area contributed by atoms with Gasteiger partial charge in [-0.2, -0.15) is 0 Å². The van der Waals surface area contributed by atoms with Crippen molar-refractivity contribution < 1.29 is 14.3 Å². The summed E-state index contributed by atoms with van der Waals surface area (Å²) in [6.45, 7) is 3.24. The van der Waals surface area contributed by atoms with Gasteiger partial charge < -0.3 is 10.1 Å². The van der Waals surface area contributed by atoms with Gasteiger partial charge in [-0.05, 0) is 43.7 Å². The minimum absolute atomic E-state index is 0.0543. The van der Waals surface area contributed by atoms with Gasteiger partial charge in [-0.15, -0.1) is 0 Å². The summed E-state index contributed by atoms with van der Waals surface area (Å²) in [7, 11) is 0. The van der Waals surface area contributed by atoms with Crippen molar-refractivity contribution in [2.45, 2.75) is 13.8 Å². The molecule has 0 saturated heterocycles. The van der Waals surface area contributed by atoms with E-state index in [9.17, 15) is 9.59 Å². The molecule has 114 valence electrons. The first-order valence-electron chi connectivity index (χ1n) is 6.75. The molecule has 0 radical (unpaired) electrons. The van der Waals surface area contributed by atoms with Crippen molar-refractivity contribution in [2.24, 2.45) is 0 Å². The molecule has 0 aliphatic rings. The Morgan fingerprint density at radius 1 is 1.18 bits per heavy atom. The number of hydrogen-bond acceptors (Lipinski definition) is 3. The first kappa shape index (κ1) is 16.0. The Morgan fingerprint density at radius 2 is 1.95 bits per heavy atom. The van der Waals surface area contributed by atoms with Crippen LogP contribution in [-0.4, -0.2) is 18.3 Å². The fourth-order valence-electron chi connectivity index (χ4n) is 1.86. The summed E-state index contributed by atoms with van der Waals surface area (Å²) in [6, 6.07) is 12.1. The lowest BCUT2D eigenvalue weighted by atomic mass is 10.1. The highest BCUT2D eigenvalue weighted by Gasteiger charge is 2.08. The Balaban J connectivity index is 1.95. The van der Waals surface area contributed by atoms with Crippen LogP contribution in [0.1, 0.15) is 22.8 Å². The molecule has 0 aliphatic carbocycles. The van der Waals surface area contributed by atoms with Gasteiger partial charge in [0, 0.05) is 5.56 Å². The predicted molar refractivity (Wildman–Crippen MR) is 86.8 cm³/mol. The van der Waals surface area contributed by atoms with Crippen LogP contribution in [-0.2, 0) is 4.79 Å². The van der Waals surface area contributed by atoms with Crippen LogP contribution >= 0.6 is 11.6 Å². The molecule has 2 rings (SSSR count). The number of ketones is 1. The van der Waals surface area contributed by atoms with Crippen molar-refractivity contribution in [3.05, 3.63) is 58.6 Å². The molecular weight excluding hydrogens is 302 g/mol. The second-order valence-corrected chi connectivity index (χ2v) is 5.31. The van der Waals surface area contributed by atoms with Crippen molar-refractivity contribution >= 4 is 29.0 Å². The van der Waals surface area contributed by atoms with E-state index >= 15 is 0 Å². The van der Waals surface area contributed by atoms with Gasteiger partial charge in [0.05, 0.1) is 10.7 Å². The standard InChI is InChI=1S/C17H16ClNO3/c1-11-6-7-16(15(18)8-11)19-17(21)10-22-14-5-3-4-13(9-14)12(2)20/h3-9H,10H2,1-2H3,(H,19,21). The van der Waals surface area contributed by atoms with Crippen molar-refractivity contribution in [3.63, 3.8) is 0 Å². The van der Waals surface area contributed by atoms with Crippen LogP contribution in [0, 0.1) is 6.92 Å². The van der Waals surface area contributed by atoms with Gasteiger partial charge in [0.2, 0.25) is 0 Å². The lowest BCUT2D eigenvalue weighted by Crippen LogP contribution is -2.20. The Hall–Kier alpha value is -2.33. The largest absolute Gasteiger partial charge is 0.484 e. The summed E-state index contributed by atoms with van der Waals surface area (Å²) < 4.78 is 5.39. The fraction of sp³-hybridized carbons (Fsp3) is 0.176. The van der Waals surface area contributed by atoms with E-state index in [1.807, 2.05) is 13.0 Å². The summed E-state index contributed by atoms with van der Waals surface area (Å²) in [5.74, 6) is 0.0955. The van der Waals surface area contributed by atoms with E-state index in [-0.39, 0.29) is 18.3 Å². The van der Waals surface area contributed by atoms with Gasteiger partial charge in [0.1, 0.15) is 5.75 Å². The minimum atomic E-state index is -0.320. The maximum absolute atomic E-state index is 11.9. The molecule has 0 aliphatic heterocycles. The number of ether oxygens (including phenoxy) is 1. The van der Waals surface area contributed by atoms with Gasteiger partial charge in [0.15, 0.2) is 12.4 Å². The fourth-order valence-corrected chi connectivity index (χ4v) is 2.14. The summed E-state index contributed by atoms with van der Waals surface area (Å²) in [6.07, 6.45) is 0. The summed E-state index contributed by atoms with van der Waals surface area (Å²) in [5.41, 5.74) is 2.10. The molecule has 0 spiro atoms. The van der Waals surface area contributed by atoms with Crippen LogP contribution in [0.2, 0.25) is 5.02 Å². The molecule has 0 aromatic heterocycles. The van der Waals surface area contributed by atoms with E-state index in [0.29, 0.717) is 22.0 Å². The lowest BCUT2D eigenvalue weighted by Gasteiger charge is -2.09. The van der Waals surface area contributed by atoms with E-state index in [2.05, 4.69) is 5.32 Å². The number of aryl methyl sites for hydroxylation is 1. The topological polar surface area (TPSA) is 55.4 Å². The number of benzene rings is 2. The highest BCUT2D eigenvalue weighted by Crippen LogP contribution is 2.22. The molecule has 0 heterocycles. The number of Topliss-reactive ketones (excluding diaryl/α,β-unsaturated/α-hetero) is 1. The zero-order valence-electron chi connectivity index (χ0n) is 12.4. The van der Waals surface area contributed by atoms with E-state index in [1.165, 1.54) is 6.92 Å². The first-order valence-corrected chi connectivity index (χ1v) is 7.13. The third-order valence-corrected chi connectivity index (χ3v) is 3.32. The van der Waals surface area contributed by atoms with Crippen molar-refractivity contribution in [2.75, 3.05) is 11.9 Å². The Labute approximate surface area is 134 Å². The molecule has 0 saturated carbocycles. The minimum Gasteiger partial charge on any atom is -0.484 e. The van der Waals surface area contributed by atoms with Crippen molar-refractivity contribution in [1.29, 1.82) is 0 Å². The number of carbonyl (C=O) groups excluding carboxylic acids is 2. The summed E-state index contributed by atoms with van der Waals surface area (Å²) >= 11 is 6.05. The van der Waals surface area contributed by atoms with Crippen LogP contribution in [0.15, 0.2) is 42.5 Å². The normalized spacial score (nSPS) is 10.1. The number of carbonyl (C=O) groups is 2. The van der Waals surface area contributed by atoms with Gasteiger partial charge in [0.25, 0.3) is 5.91 Å². The van der Waals surface area contributed by atoms with Gasteiger partial charge in [-0.3, -0.25) is 9.59 Å². The average Bonchev–Trinajstić information content (AvgIpc) is 2.48. The molecule has 0 bridgehead atoms. The Bertz CT molecular complexity index is 713. The van der Waals surface area contributed by atoms with Crippen LogP contribution in [0.3, 0.4) is 0 Å². The SMILES string of the molecule is CC(=O)c1cccc(OCC(=O)Nc2ccc(C)cc2Cl)c1. The second kappa shape index (κ2) is 7.09. The Morgan fingerprint density at radius 3 is 2.64 bits per heavy atom. The maximum atomic E-state index is 11.9. The van der Waals surface area contributed by atoms with E-state index in [4.69, 9.17) is 16.3 Å². The van der Waals surface area contributed by atoms with E-state index in [0.717, 1.165) is 5.56 Å². The molecule has 1 N–H and O–H groups in total. The second-order valence-electron chi connectivity index (χ2n) is 4.90. The smallest absolute Gasteiger partial charge is 0.262 e. The Kier molecular flexibility index (Phi) is 5.17. The molecule has 2 aromatic carbocycles. The summed E-state index contributed by atoms with van der Waals surface area (Å²) in [5, 5.41) is 3.16. The molecular formula is C17H16ClNO3. The molecule has 1 amide bonds. The molecule has 4 nitrogen and oxygen atoms in total. The quantitative estimate of drug-likeness (QED) is 0.852. The van der Waals surface area contributed by atoms with E-state index < -0.39 is 0 Å². The maximum Gasteiger partial charge on any atom is 0.262 e. The first-order chi connectivity index (χ1) is 10.5. The molecule has 2 aromatic rings. The van der Waals surface area contributed by atoms with Crippen molar-refractivity contribution in [1.82, 2.24) is 0 Å². The molecule has 0 atom stereocenters. The molecule has 0 unspecified atom stereocenters.